The number of likely N-dealkylation sites (tertiary alicyclic amines) is 1. The predicted octanol–water partition coefficient (Wildman–Crippen LogP) is 3.27. The molecule has 1 aromatic carbocycles. The van der Waals surface area contributed by atoms with Crippen LogP contribution in [0.4, 0.5) is 26.3 Å². The van der Waals surface area contributed by atoms with Gasteiger partial charge in [0.2, 0.25) is 24.6 Å². The number of hydrogen-bond acceptors (Lipinski definition) is 5. The first-order valence-electron chi connectivity index (χ1n) is 11.5. The summed E-state index contributed by atoms with van der Waals surface area (Å²) >= 11 is 1.47. The van der Waals surface area contributed by atoms with Crippen molar-refractivity contribution in [2.45, 2.75) is 44.4 Å². The molecule has 210 valence electrons. The first-order chi connectivity index (χ1) is 17.4. The number of nitrogens with zero attached hydrogens (tertiary/aromatic N) is 2. The summed E-state index contributed by atoms with van der Waals surface area (Å²) < 4.78 is 72.5. The van der Waals surface area contributed by atoms with Crippen molar-refractivity contribution in [3.8, 4) is 0 Å². The van der Waals surface area contributed by atoms with Crippen LogP contribution in [-0.4, -0.2) is 78.7 Å². The van der Waals surface area contributed by atoms with Crippen molar-refractivity contribution in [1.82, 2.24) is 15.1 Å². The lowest BCUT2D eigenvalue weighted by Crippen LogP contribution is -2.50. The van der Waals surface area contributed by atoms with E-state index in [9.17, 15) is 40.7 Å². The molecule has 3 amide bonds. The van der Waals surface area contributed by atoms with Gasteiger partial charge >= 0.3 is 6.18 Å². The quantitative estimate of drug-likeness (QED) is 0.407. The highest BCUT2D eigenvalue weighted by Gasteiger charge is 2.32. The number of halogens is 6. The minimum Gasteiger partial charge on any atom is -0.368 e. The molecule has 0 aromatic heterocycles. The molecule has 1 saturated heterocycles. The van der Waals surface area contributed by atoms with Gasteiger partial charge in [0.05, 0.1) is 18.7 Å². The third-order valence-electron chi connectivity index (χ3n) is 5.42. The Bertz CT molecular complexity index is 885. The third-order valence-corrected chi connectivity index (χ3v) is 6.06. The van der Waals surface area contributed by atoms with Gasteiger partial charge in [-0.2, -0.15) is 24.9 Å². The van der Waals surface area contributed by atoms with Crippen molar-refractivity contribution in [1.29, 1.82) is 0 Å². The second-order valence-corrected chi connectivity index (χ2v) is 9.32. The zero-order chi connectivity index (χ0) is 28.0. The number of carbonyl (C=O) groups excluding carboxylic acids is 3. The molecule has 14 heteroatoms. The van der Waals surface area contributed by atoms with Crippen LogP contribution in [0.5, 0.6) is 0 Å². The van der Waals surface area contributed by atoms with Gasteiger partial charge in [-0.15, -0.1) is 0 Å². The maximum Gasteiger partial charge on any atom is 0.416 e. The standard InChI is InChI=1S/C22H30F4N4O3S.CH2F2/c1-34-8-5-18(21(27)33)28-19(31)13-29(14-20(32)30-6-3-2-4-7-30)12-15-9-16(22(24,25)26)11-17(23)10-15;2-1-3/h9-11,18H,2-8,12-14H2,1H3,(H2,27,33)(H,28,31);1H2. The number of piperidine rings is 1. The highest BCUT2D eigenvalue weighted by Crippen LogP contribution is 2.30. The maximum atomic E-state index is 13.9. The van der Waals surface area contributed by atoms with E-state index >= 15 is 0 Å². The van der Waals surface area contributed by atoms with Gasteiger partial charge in [-0.3, -0.25) is 19.3 Å². The Kier molecular flexibility index (Phi) is 14.4. The number of nitrogens with one attached hydrogen (secondary N) is 1. The molecule has 1 atom stereocenters. The average Bonchev–Trinajstić information content (AvgIpc) is 2.81. The van der Waals surface area contributed by atoms with Crippen molar-refractivity contribution in [2.24, 2.45) is 5.73 Å². The second-order valence-electron chi connectivity index (χ2n) is 8.34. The van der Waals surface area contributed by atoms with E-state index in [0.29, 0.717) is 31.3 Å². The zero-order valence-corrected chi connectivity index (χ0v) is 21.3. The van der Waals surface area contributed by atoms with Crippen LogP contribution in [0.15, 0.2) is 18.2 Å². The van der Waals surface area contributed by atoms with E-state index < -0.39 is 42.3 Å². The lowest BCUT2D eigenvalue weighted by atomic mass is 10.1. The van der Waals surface area contributed by atoms with Crippen LogP contribution in [0, 0.1) is 5.82 Å². The third kappa shape index (κ3) is 12.5. The van der Waals surface area contributed by atoms with Crippen LogP contribution in [0.25, 0.3) is 0 Å². The fourth-order valence-corrected chi connectivity index (χ4v) is 4.20. The Hall–Kier alpha value is -2.48. The molecule has 1 unspecified atom stereocenters. The minimum absolute atomic E-state index is 0.0274. The molecule has 7 nitrogen and oxygen atoms in total. The van der Waals surface area contributed by atoms with Crippen LogP contribution in [-0.2, 0) is 27.1 Å². The molecule has 0 bridgehead atoms. The fourth-order valence-electron chi connectivity index (χ4n) is 3.73. The number of primary amides is 1. The fraction of sp³-hybridized carbons (Fsp3) is 0.609. The Morgan fingerprint density at radius 2 is 1.73 bits per heavy atom. The molecule has 1 aliphatic heterocycles. The number of rotatable bonds is 11. The molecule has 0 saturated carbocycles. The molecule has 1 heterocycles. The topological polar surface area (TPSA) is 95.7 Å². The van der Waals surface area contributed by atoms with E-state index in [1.807, 2.05) is 6.26 Å². The average molecular weight is 559 g/mol. The Morgan fingerprint density at radius 1 is 1.11 bits per heavy atom. The molecular formula is C23H32F6N4O3S. The van der Waals surface area contributed by atoms with E-state index in [1.165, 1.54) is 16.7 Å². The second kappa shape index (κ2) is 16.4. The van der Waals surface area contributed by atoms with Crippen molar-refractivity contribution in [2.75, 3.05) is 45.1 Å². The molecule has 0 radical (unpaired) electrons. The Balaban J connectivity index is 0.00000217. The van der Waals surface area contributed by atoms with Crippen molar-refractivity contribution in [3.05, 3.63) is 35.1 Å². The summed E-state index contributed by atoms with van der Waals surface area (Å²) in [6.07, 6.45) is 0.107. The SMILES string of the molecule is CSCCC(NC(=O)CN(CC(=O)N1CCCCC1)Cc1cc(F)cc(C(F)(F)F)c1)C(N)=O.FCF. The highest BCUT2D eigenvalue weighted by molar-refractivity contribution is 7.98. The van der Waals surface area contributed by atoms with E-state index in [0.717, 1.165) is 31.4 Å². The van der Waals surface area contributed by atoms with Gasteiger partial charge in [-0.05, 0) is 61.5 Å². The minimum atomic E-state index is -4.74. The van der Waals surface area contributed by atoms with Gasteiger partial charge in [0, 0.05) is 19.6 Å². The number of benzene rings is 1. The number of thioether (sulfide) groups is 1. The van der Waals surface area contributed by atoms with Crippen LogP contribution in [0.1, 0.15) is 36.8 Å². The molecule has 0 aliphatic carbocycles. The first-order valence-corrected chi connectivity index (χ1v) is 12.9. The van der Waals surface area contributed by atoms with Gasteiger partial charge in [0.25, 0.3) is 0 Å². The number of carbonyl (C=O) groups is 3. The van der Waals surface area contributed by atoms with Crippen LogP contribution >= 0.6 is 11.8 Å². The van der Waals surface area contributed by atoms with Crippen molar-refractivity contribution < 1.29 is 40.7 Å². The van der Waals surface area contributed by atoms with Crippen LogP contribution < -0.4 is 11.1 Å². The Morgan fingerprint density at radius 3 is 2.27 bits per heavy atom. The molecule has 1 aliphatic rings. The summed E-state index contributed by atoms with van der Waals surface area (Å²) in [6.45, 7) is -1.50. The molecule has 37 heavy (non-hydrogen) atoms. The van der Waals surface area contributed by atoms with Gasteiger partial charge in [-0.1, -0.05) is 0 Å². The predicted molar refractivity (Wildman–Crippen MR) is 128 cm³/mol. The summed E-state index contributed by atoms with van der Waals surface area (Å²) in [5, 5.41) is 2.52. The number of hydrogen-bond donors (Lipinski definition) is 2. The van der Waals surface area contributed by atoms with E-state index in [1.54, 1.807) is 4.90 Å². The lowest BCUT2D eigenvalue weighted by Gasteiger charge is -2.30. The summed E-state index contributed by atoms with van der Waals surface area (Å²) in [5.41, 5.74) is 4.17. The molecular weight excluding hydrogens is 526 g/mol. The van der Waals surface area contributed by atoms with E-state index in [-0.39, 0.29) is 31.1 Å². The smallest absolute Gasteiger partial charge is 0.368 e. The van der Waals surface area contributed by atoms with Gasteiger partial charge in [-0.25, -0.2) is 13.2 Å². The Labute approximate surface area is 216 Å². The summed E-state index contributed by atoms with van der Waals surface area (Å²) in [6, 6.07) is 1.22. The monoisotopic (exact) mass is 558 g/mol. The highest BCUT2D eigenvalue weighted by atomic mass is 32.2. The normalized spacial score (nSPS) is 14.5. The number of alkyl halides is 5. The van der Waals surface area contributed by atoms with E-state index in [4.69, 9.17) is 5.73 Å². The zero-order valence-electron chi connectivity index (χ0n) is 20.5. The van der Waals surface area contributed by atoms with Gasteiger partial charge in [0.15, 0.2) is 0 Å². The summed E-state index contributed by atoms with van der Waals surface area (Å²) in [5.74, 6) is -2.08. The van der Waals surface area contributed by atoms with Crippen LogP contribution in [0.2, 0.25) is 0 Å². The lowest BCUT2D eigenvalue weighted by molar-refractivity contribution is -0.138. The largest absolute Gasteiger partial charge is 0.416 e. The first kappa shape index (κ1) is 32.5. The van der Waals surface area contributed by atoms with Gasteiger partial charge in [0.1, 0.15) is 11.9 Å². The molecule has 1 aromatic rings. The van der Waals surface area contributed by atoms with Crippen molar-refractivity contribution >= 4 is 29.5 Å². The molecule has 2 rings (SSSR count). The summed E-state index contributed by atoms with van der Waals surface area (Å²) in [7, 11) is 0. The number of nitrogens with two attached hydrogens (primary N) is 1. The van der Waals surface area contributed by atoms with Crippen LogP contribution in [0.3, 0.4) is 0 Å². The van der Waals surface area contributed by atoms with Crippen molar-refractivity contribution in [3.63, 3.8) is 0 Å². The maximum absolute atomic E-state index is 13.9. The summed E-state index contributed by atoms with van der Waals surface area (Å²) in [4.78, 5) is 40.0. The number of amides is 3. The molecule has 3 N–H and O–H groups in total. The van der Waals surface area contributed by atoms with Gasteiger partial charge < -0.3 is 16.0 Å². The molecule has 0 spiro atoms. The molecule has 1 fully saturated rings. The van der Waals surface area contributed by atoms with E-state index in [2.05, 4.69) is 5.32 Å².